The van der Waals surface area contributed by atoms with Crippen LogP contribution in [0.4, 0.5) is 0 Å². The summed E-state index contributed by atoms with van der Waals surface area (Å²) in [6.07, 6.45) is 1.14. The van der Waals surface area contributed by atoms with Crippen molar-refractivity contribution in [3.05, 3.63) is 0 Å². The van der Waals surface area contributed by atoms with Crippen LogP contribution in [0.5, 0.6) is 0 Å². The lowest BCUT2D eigenvalue weighted by Gasteiger charge is -2.25. The minimum Gasteiger partial charge on any atom is -0.395 e. The van der Waals surface area contributed by atoms with E-state index in [0.29, 0.717) is 6.04 Å². The van der Waals surface area contributed by atoms with Crippen LogP contribution in [0.3, 0.4) is 0 Å². The highest BCUT2D eigenvalue weighted by molar-refractivity contribution is 4.70. The van der Waals surface area contributed by atoms with Crippen molar-refractivity contribution < 1.29 is 5.11 Å². The predicted octanol–water partition coefficient (Wildman–Crippen LogP) is -0.323. The van der Waals surface area contributed by atoms with E-state index in [2.05, 4.69) is 17.1 Å². The van der Waals surface area contributed by atoms with Crippen LogP contribution in [0.2, 0.25) is 0 Å². The van der Waals surface area contributed by atoms with E-state index in [1.54, 1.807) is 0 Å². The summed E-state index contributed by atoms with van der Waals surface area (Å²) in [6.45, 7) is 6.36. The van der Waals surface area contributed by atoms with Gasteiger partial charge in [-0.05, 0) is 19.9 Å². The summed E-state index contributed by atoms with van der Waals surface area (Å²) < 4.78 is 0. The van der Waals surface area contributed by atoms with Crippen molar-refractivity contribution in [2.45, 2.75) is 19.4 Å². The zero-order valence-electron chi connectivity index (χ0n) is 7.16. The van der Waals surface area contributed by atoms with Gasteiger partial charge in [-0.3, -0.25) is 4.90 Å². The largest absolute Gasteiger partial charge is 0.395 e. The molecule has 1 fully saturated rings. The first kappa shape index (κ1) is 8.97. The predicted molar refractivity (Wildman–Crippen MR) is 44.6 cm³/mol. The summed E-state index contributed by atoms with van der Waals surface area (Å²) >= 11 is 0. The van der Waals surface area contributed by atoms with Crippen molar-refractivity contribution in [3.8, 4) is 0 Å². The molecule has 0 spiro atoms. The van der Waals surface area contributed by atoms with E-state index in [1.807, 2.05) is 0 Å². The number of rotatable bonds is 2. The van der Waals surface area contributed by atoms with Crippen LogP contribution in [-0.2, 0) is 0 Å². The fourth-order valence-electron chi connectivity index (χ4n) is 1.36. The quantitative estimate of drug-likeness (QED) is 0.596. The van der Waals surface area contributed by atoms with Gasteiger partial charge in [-0.15, -0.1) is 0 Å². The lowest BCUT2D eigenvalue weighted by atomic mass is 10.3. The molecule has 1 radical (unpaired) electrons. The van der Waals surface area contributed by atoms with Gasteiger partial charge in [0, 0.05) is 25.7 Å². The average molecular weight is 157 g/mol. The standard InChI is InChI=1S/C8H17N2O/c1-8(7-11)10-5-2-3-9-4-6-10/h8,11H,2-7H2,1H3. The fraction of sp³-hybridized carbons (Fsp3) is 1.00. The van der Waals surface area contributed by atoms with Gasteiger partial charge in [0.15, 0.2) is 0 Å². The van der Waals surface area contributed by atoms with Gasteiger partial charge in [-0.25, -0.2) is 5.32 Å². The highest BCUT2D eigenvalue weighted by Gasteiger charge is 2.14. The van der Waals surface area contributed by atoms with Crippen molar-refractivity contribution in [1.82, 2.24) is 10.2 Å². The minimum atomic E-state index is 0.264. The zero-order valence-corrected chi connectivity index (χ0v) is 7.16. The normalized spacial score (nSPS) is 24.5. The molecule has 3 heteroatoms. The van der Waals surface area contributed by atoms with E-state index in [9.17, 15) is 0 Å². The summed E-state index contributed by atoms with van der Waals surface area (Å²) in [4.78, 5) is 2.30. The highest BCUT2D eigenvalue weighted by atomic mass is 16.3. The molecule has 1 atom stereocenters. The van der Waals surface area contributed by atoms with Crippen molar-refractivity contribution in [2.75, 3.05) is 32.8 Å². The molecule has 1 aliphatic heterocycles. The topological polar surface area (TPSA) is 37.6 Å². The monoisotopic (exact) mass is 157 g/mol. The fourth-order valence-corrected chi connectivity index (χ4v) is 1.36. The van der Waals surface area contributed by atoms with E-state index >= 15 is 0 Å². The molecule has 1 N–H and O–H groups in total. The maximum absolute atomic E-state index is 8.91. The van der Waals surface area contributed by atoms with Gasteiger partial charge in [0.25, 0.3) is 0 Å². The molecule has 65 valence electrons. The minimum absolute atomic E-state index is 0.264. The number of hydrogen-bond donors (Lipinski definition) is 1. The Bertz CT molecular complexity index is 100. The third kappa shape index (κ3) is 2.77. The highest BCUT2D eigenvalue weighted by Crippen LogP contribution is 2.01. The molecule has 0 aromatic heterocycles. The molecule has 0 bridgehead atoms. The van der Waals surface area contributed by atoms with Crippen LogP contribution in [0.1, 0.15) is 13.3 Å². The van der Waals surface area contributed by atoms with Crippen LogP contribution in [0, 0.1) is 0 Å². The first-order valence-electron chi connectivity index (χ1n) is 4.32. The van der Waals surface area contributed by atoms with Gasteiger partial charge in [-0.1, -0.05) is 0 Å². The van der Waals surface area contributed by atoms with E-state index in [-0.39, 0.29) is 6.61 Å². The Balaban J connectivity index is 2.30. The molecule has 3 nitrogen and oxygen atoms in total. The van der Waals surface area contributed by atoms with Crippen LogP contribution in [0.25, 0.3) is 0 Å². The molecule has 0 aromatic carbocycles. The number of hydrogen-bond acceptors (Lipinski definition) is 2. The van der Waals surface area contributed by atoms with E-state index in [0.717, 1.165) is 32.6 Å². The second-order valence-electron chi connectivity index (χ2n) is 3.09. The van der Waals surface area contributed by atoms with Crippen LogP contribution < -0.4 is 5.32 Å². The number of nitrogens with zero attached hydrogens (tertiary/aromatic N) is 2. The molecule has 1 heterocycles. The maximum atomic E-state index is 8.91. The molecule has 1 unspecified atom stereocenters. The third-order valence-corrected chi connectivity index (χ3v) is 2.19. The number of aliphatic hydroxyl groups excluding tert-OH is 1. The Morgan fingerprint density at radius 2 is 2.27 bits per heavy atom. The summed E-state index contributed by atoms with van der Waals surface area (Å²) in [6, 6.07) is 0.309. The van der Waals surface area contributed by atoms with Gasteiger partial charge in [0.1, 0.15) is 0 Å². The first-order valence-corrected chi connectivity index (χ1v) is 4.32. The second-order valence-corrected chi connectivity index (χ2v) is 3.09. The van der Waals surface area contributed by atoms with Crippen molar-refractivity contribution in [3.63, 3.8) is 0 Å². The molecule has 0 aliphatic carbocycles. The molecular weight excluding hydrogens is 140 g/mol. The van der Waals surface area contributed by atoms with Gasteiger partial charge in [0.05, 0.1) is 6.61 Å². The van der Waals surface area contributed by atoms with E-state index < -0.39 is 0 Å². The Morgan fingerprint density at radius 1 is 1.45 bits per heavy atom. The van der Waals surface area contributed by atoms with E-state index in [4.69, 9.17) is 5.11 Å². The average Bonchev–Trinajstić information content (AvgIpc) is 2.30. The number of aliphatic hydroxyl groups is 1. The van der Waals surface area contributed by atoms with Crippen molar-refractivity contribution in [1.29, 1.82) is 0 Å². The summed E-state index contributed by atoms with van der Waals surface area (Å²) in [5, 5.41) is 13.2. The van der Waals surface area contributed by atoms with Gasteiger partial charge < -0.3 is 5.11 Å². The Morgan fingerprint density at radius 3 is 3.00 bits per heavy atom. The van der Waals surface area contributed by atoms with Gasteiger partial charge in [-0.2, -0.15) is 0 Å². The maximum Gasteiger partial charge on any atom is 0.0584 e. The van der Waals surface area contributed by atoms with Gasteiger partial charge >= 0.3 is 0 Å². The molecule has 1 rings (SSSR count). The van der Waals surface area contributed by atoms with E-state index in [1.165, 1.54) is 0 Å². The van der Waals surface area contributed by atoms with Crippen LogP contribution >= 0.6 is 0 Å². The smallest absolute Gasteiger partial charge is 0.0584 e. The molecular formula is C8H17N2O. The molecule has 1 saturated heterocycles. The Kier molecular flexibility index (Phi) is 3.83. The third-order valence-electron chi connectivity index (χ3n) is 2.19. The summed E-state index contributed by atoms with van der Waals surface area (Å²) in [5.41, 5.74) is 0. The van der Waals surface area contributed by atoms with Crippen LogP contribution in [-0.4, -0.2) is 48.8 Å². The zero-order chi connectivity index (χ0) is 8.10. The molecule has 0 amide bonds. The van der Waals surface area contributed by atoms with Crippen LogP contribution in [0.15, 0.2) is 0 Å². The van der Waals surface area contributed by atoms with Crippen molar-refractivity contribution >= 4 is 0 Å². The molecule has 0 saturated carbocycles. The lowest BCUT2D eigenvalue weighted by Crippen LogP contribution is -2.37. The van der Waals surface area contributed by atoms with Gasteiger partial charge in [0.2, 0.25) is 0 Å². The van der Waals surface area contributed by atoms with Crippen molar-refractivity contribution in [2.24, 2.45) is 0 Å². The SMILES string of the molecule is CC(CO)N1CCC[N]CC1. The lowest BCUT2D eigenvalue weighted by molar-refractivity contribution is 0.141. The Labute approximate surface area is 68.4 Å². The Hall–Kier alpha value is -0.120. The molecule has 1 aliphatic rings. The molecule has 11 heavy (non-hydrogen) atoms. The first-order chi connectivity index (χ1) is 5.34. The summed E-state index contributed by atoms with van der Waals surface area (Å²) in [7, 11) is 0. The molecule has 0 aromatic rings. The second kappa shape index (κ2) is 4.70. The summed E-state index contributed by atoms with van der Waals surface area (Å²) in [5.74, 6) is 0.